The molecular formula is C12H10BrN3O2. The van der Waals surface area contributed by atoms with Crippen LogP contribution >= 0.6 is 15.9 Å². The number of aromatic nitrogens is 1. The number of amides is 2. The van der Waals surface area contributed by atoms with Gasteiger partial charge in [-0.1, -0.05) is 0 Å². The van der Waals surface area contributed by atoms with Gasteiger partial charge in [-0.2, -0.15) is 0 Å². The first kappa shape index (κ1) is 12.4. The van der Waals surface area contributed by atoms with E-state index in [1.54, 1.807) is 30.6 Å². The van der Waals surface area contributed by atoms with Crippen LogP contribution in [-0.2, 0) is 0 Å². The Morgan fingerprint density at radius 3 is 2.44 bits per heavy atom. The number of carbonyl (C=O) groups excluding carboxylic acids is 1. The van der Waals surface area contributed by atoms with Crippen molar-refractivity contribution in [1.29, 1.82) is 0 Å². The van der Waals surface area contributed by atoms with Crippen LogP contribution in [0.15, 0.2) is 47.2 Å². The van der Waals surface area contributed by atoms with Crippen molar-refractivity contribution in [2.45, 2.75) is 0 Å². The zero-order chi connectivity index (χ0) is 13.0. The maximum atomic E-state index is 11.7. The molecule has 0 radical (unpaired) electrons. The molecule has 1 aromatic heterocycles. The number of hydrogen-bond acceptors (Lipinski definition) is 3. The van der Waals surface area contributed by atoms with Gasteiger partial charge in [0.2, 0.25) is 0 Å². The summed E-state index contributed by atoms with van der Waals surface area (Å²) in [4.78, 5) is 15.6. The first-order valence-electron chi connectivity index (χ1n) is 5.11. The van der Waals surface area contributed by atoms with E-state index in [0.717, 1.165) is 4.47 Å². The van der Waals surface area contributed by atoms with Crippen LogP contribution in [-0.4, -0.2) is 16.1 Å². The number of rotatable bonds is 2. The van der Waals surface area contributed by atoms with E-state index >= 15 is 0 Å². The minimum atomic E-state index is -0.374. The molecule has 0 fully saturated rings. The summed E-state index contributed by atoms with van der Waals surface area (Å²) in [7, 11) is 0. The molecule has 5 nitrogen and oxygen atoms in total. The molecule has 18 heavy (non-hydrogen) atoms. The van der Waals surface area contributed by atoms with Crippen LogP contribution in [0.1, 0.15) is 0 Å². The topological polar surface area (TPSA) is 74.2 Å². The lowest BCUT2D eigenvalue weighted by Gasteiger charge is -2.07. The van der Waals surface area contributed by atoms with Gasteiger partial charge in [0.15, 0.2) is 0 Å². The van der Waals surface area contributed by atoms with Gasteiger partial charge in [-0.25, -0.2) is 4.79 Å². The number of urea groups is 1. The second kappa shape index (κ2) is 5.50. The van der Waals surface area contributed by atoms with Crippen LogP contribution in [0, 0.1) is 0 Å². The summed E-state index contributed by atoms with van der Waals surface area (Å²) >= 11 is 3.26. The quantitative estimate of drug-likeness (QED) is 0.746. The van der Waals surface area contributed by atoms with E-state index < -0.39 is 0 Å². The van der Waals surface area contributed by atoms with Gasteiger partial charge < -0.3 is 15.7 Å². The minimum Gasteiger partial charge on any atom is -0.508 e. The highest BCUT2D eigenvalue weighted by Gasteiger charge is 2.03. The summed E-state index contributed by atoms with van der Waals surface area (Å²) in [6, 6.07) is 7.57. The van der Waals surface area contributed by atoms with Crippen molar-refractivity contribution in [2.75, 3.05) is 10.6 Å². The zero-order valence-corrected chi connectivity index (χ0v) is 10.8. The Hall–Kier alpha value is -2.08. The van der Waals surface area contributed by atoms with Crippen LogP contribution in [0.5, 0.6) is 5.75 Å². The lowest BCUT2D eigenvalue weighted by molar-refractivity contribution is 0.262. The minimum absolute atomic E-state index is 0.150. The Labute approximate surface area is 112 Å². The maximum absolute atomic E-state index is 11.7. The molecule has 0 atom stereocenters. The van der Waals surface area contributed by atoms with Crippen molar-refractivity contribution in [1.82, 2.24) is 4.98 Å². The van der Waals surface area contributed by atoms with Crippen molar-refractivity contribution < 1.29 is 9.90 Å². The van der Waals surface area contributed by atoms with Gasteiger partial charge in [-0.05, 0) is 46.3 Å². The molecule has 3 N–H and O–H groups in total. The molecule has 6 heteroatoms. The molecule has 1 heterocycles. The highest BCUT2D eigenvalue weighted by molar-refractivity contribution is 9.10. The van der Waals surface area contributed by atoms with Gasteiger partial charge in [0, 0.05) is 16.4 Å². The third kappa shape index (κ3) is 3.46. The third-order valence-electron chi connectivity index (χ3n) is 2.09. The van der Waals surface area contributed by atoms with Gasteiger partial charge in [0.25, 0.3) is 0 Å². The van der Waals surface area contributed by atoms with Crippen molar-refractivity contribution in [3.63, 3.8) is 0 Å². The first-order chi connectivity index (χ1) is 8.63. The summed E-state index contributed by atoms with van der Waals surface area (Å²) < 4.78 is 0.782. The molecular weight excluding hydrogens is 298 g/mol. The largest absolute Gasteiger partial charge is 0.508 e. The molecule has 0 bridgehead atoms. The number of hydrogen-bond donors (Lipinski definition) is 3. The lowest BCUT2D eigenvalue weighted by atomic mass is 10.3. The summed E-state index contributed by atoms with van der Waals surface area (Å²) in [6.07, 6.45) is 3.17. The molecule has 0 saturated carbocycles. The Bertz CT molecular complexity index is 558. The fourth-order valence-corrected chi connectivity index (χ4v) is 1.68. The Balaban J connectivity index is 1.98. The number of phenols is 1. The summed E-state index contributed by atoms with van der Waals surface area (Å²) in [5.41, 5.74) is 1.17. The predicted octanol–water partition coefficient (Wildman–Crippen LogP) is 3.19. The highest BCUT2D eigenvalue weighted by Crippen LogP contribution is 2.16. The number of aromatic hydroxyl groups is 1. The van der Waals surface area contributed by atoms with E-state index in [-0.39, 0.29) is 11.8 Å². The number of nitrogens with one attached hydrogen (secondary N) is 2. The van der Waals surface area contributed by atoms with E-state index in [4.69, 9.17) is 5.11 Å². The molecule has 0 aliphatic rings. The lowest BCUT2D eigenvalue weighted by Crippen LogP contribution is -2.19. The van der Waals surface area contributed by atoms with Crippen LogP contribution < -0.4 is 10.6 Å². The number of carbonyl (C=O) groups is 1. The number of phenolic OH excluding ortho intramolecular Hbond substituents is 1. The van der Waals surface area contributed by atoms with Crippen molar-refractivity contribution in [3.05, 3.63) is 47.2 Å². The number of nitrogens with zero attached hydrogens (tertiary/aromatic N) is 1. The van der Waals surface area contributed by atoms with Gasteiger partial charge in [-0.15, -0.1) is 0 Å². The molecule has 2 aromatic rings. The van der Waals surface area contributed by atoms with Crippen LogP contribution in [0.4, 0.5) is 16.2 Å². The Morgan fingerprint density at radius 1 is 1.11 bits per heavy atom. The van der Waals surface area contributed by atoms with Gasteiger partial charge in [0.05, 0.1) is 11.9 Å². The molecule has 2 amide bonds. The average Bonchev–Trinajstić information content (AvgIpc) is 2.32. The van der Waals surface area contributed by atoms with E-state index in [2.05, 4.69) is 31.5 Å². The summed E-state index contributed by atoms with van der Waals surface area (Å²) in [6.45, 7) is 0. The van der Waals surface area contributed by atoms with Gasteiger partial charge >= 0.3 is 6.03 Å². The second-order valence-electron chi connectivity index (χ2n) is 3.52. The van der Waals surface area contributed by atoms with E-state index in [1.165, 1.54) is 12.1 Å². The molecule has 0 saturated heterocycles. The van der Waals surface area contributed by atoms with Crippen LogP contribution in [0.25, 0.3) is 0 Å². The van der Waals surface area contributed by atoms with Crippen molar-refractivity contribution in [3.8, 4) is 5.75 Å². The highest BCUT2D eigenvalue weighted by atomic mass is 79.9. The SMILES string of the molecule is O=C(Nc1ccc(O)cc1)Nc1cncc(Br)c1. The third-order valence-corrected chi connectivity index (χ3v) is 2.52. The number of benzene rings is 1. The Morgan fingerprint density at radius 2 is 1.78 bits per heavy atom. The van der Waals surface area contributed by atoms with Gasteiger partial charge in [0.1, 0.15) is 5.75 Å². The van der Waals surface area contributed by atoms with E-state index in [0.29, 0.717) is 11.4 Å². The molecule has 0 aliphatic heterocycles. The Kier molecular flexibility index (Phi) is 3.78. The predicted molar refractivity (Wildman–Crippen MR) is 72.7 cm³/mol. The van der Waals surface area contributed by atoms with Gasteiger partial charge in [-0.3, -0.25) is 4.98 Å². The number of halogens is 1. The van der Waals surface area contributed by atoms with Crippen LogP contribution in [0.3, 0.4) is 0 Å². The average molecular weight is 308 g/mol. The fraction of sp³-hybridized carbons (Fsp3) is 0. The standard InChI is InChI=1S/C12H10BrN3O2/c13-8-5-10(7-14-6-8)16-12(18)15-9-1-3-11(17)4-2-9/h1-7,17H,(H2,15,16,18). The summed E-state index contributed by atoms with van der Waals surface area (Å²) in [5, 5.41) is 14.4. The van der Waals surface area contributed by atoms with E-state index in [9.17, 15) is 4.79 Å². The number of anilines is 2. The molecule has 92 valence electrons. The molecule has 1 aromatic carbocycles. The van der Waals surface area contributed by atoms with E-state index in [1.807, 2.05) is 0 Å². The molecule has 0 spiro atoms. The van der Waals surface area contributed by atoms with Crippen molar-refractivity contribution in [2.24, 2.45) is 0 Å². The van der Waals surface area contributed by atoms with Crippen LogP contribution in [0.2, 0.25) is 0 Å². The zero-order valence-electron chi connectivity index (χ0n) is 9.22. The normalized spacial score (nSPS) is 9.83. The number of pyridine rings is 1. The second-order valence-corrected chi connectivity index (χ2v) is 4.43. The maximum Gasteiger partial charge on any atom is 0.323 e. The van der Waals surface area contributed by atoms with Crippen molar-refractivity contribution >= 4 is 33.3 Å². The smallest absolute Gasteiger partial charge is 0.323 e. The first-order valence-corrected chi connectivity index (χ1v) is 5.90. The molecule has 0 unspecified atom stereocenters. The fourth-order valence-electron chi connectivity index (χ4n) is 1.32. The molecule has 2 rings (SSSR count). The molecule has 0 aliphatic carbocycles. The summed E-state index contributed by atoms with van der Waals surface area (Å²) in [5.74, 6) is 0.150. The monoisotopic (exact) mass is 307 g/mol.